The minimum Gasteiger partial charge on any atom is -0.468 e. The Morgan fingerprint density at radius 3 is 2.52 bits per heavy atom. The van der Waals surface area contributed by atoms with Crippen molar-refractivity contribution in [3.05, 3.63) is 36.0 Å². The normalized spacial score (nSPS) is 12.9. The van der Waals surface area contributed by atoms with Crippen molar-refractivity contribution in [2.24, 2.45) is 5.73 Å². The van der Waals surface area contributed by atoms with Crippen LogP contribution in [0.4, 0.5) is 4.79 Å². The third-order valence-electron chi connectivity index (χ3n) is 3.33. The van der Waals surface area contributed by atoms with Crippen molar-refractivity contribution in [2.45, 2.75) is 38.8 Å². The quantitative estimate of drug-likeness (QED) is 0.879. The van der Waals surface area contributed by atoms with Crippen LogP contribution < -0.4 is 5.73 Å². The fourth-order valence-corrected chi connectivity index (χ4v) is 2.35. The molecule has 1 aromatic carbocycles. The van der Waals surface area contributed by atoms with Crippen LogP contribution in [0.3, 0.4) is 0 Å². The molecule has 0 aliphatic carbocycles. The molecule has 1 atom stereocenters. The molecule has 0 bridgehead atoms. The first kappa shape index (κ1) is 17.0. The minimum atomic E-state index is -0.780. The molecule has 6 nitrogen and oxygen atoms in total. The summed E-state index contributed by atoms with van der Waals surface area (Å²) in [5, 5.41) is 0.859. The van der Waals surface area contributed by atoms with Crippen molar-refractivity contribution in [3.63, 3.8) is 0 Å². The van der Waals surface area contributed by atoms with E-state index in [1.165, 1.54) is 11.7 Å². The molecule has 0 unspecified atom stereocenters. The molecule has 0 radical (unpaired) electrons. The van der Waals surface area contributed by atoms with Crippen molar-refractivity contribution < 1.29 is 19.1 Å². The molecule has 0 saturated heterocycles. The summed E-state index contributed by atoms with van der Waals surface area (Å²) in [6.45, 7) is 5.43. The van der Waals surface area contributed by atoms with Gasteiger partial charge in [0, 0.05) is 18.0 Å². The summed E-state index contributed by atoms with van der Waals surface area (Å²) in [7, 11) is 1.30. The molecule has 124 valence electrons. The van der Waals surface area contributed by atoms with Crippen LogP contribution in [-0.4, -0.2) is 35.4 Å². The third-order valence-corrected chi connectivity index (χ3v) is 3.33. The number of fused-ring (bicyclic) bond motifs is 1. The van der Waals surface area contributed by atoms with Crippen molar-refractivity contribution in [1.82, 2.24) is 4.57 Å². The zero-order valence-electron chi connectivity index (χ0n) is 13.8. The van der Waals surface area contributed by atoms with Crippen molar-refractivity contribution >= 4 is 23.0 Å². The van der Waals surface area contributed by atoms with E-state index in [4.69, 9.17) is 10.5 Å². The Morgan fingerprint density at radius 1 is 1.26 bits per heavy atom. The van der Waals surface area contributed by atoms with Gasteiger partial charge in [0.15, 0.2) is 0 Å². The first-order valence-electron chi connectivity index (χ1n) is 7.38. The topological polar surface area (TPSA) is 83.5 Å². The maximum absolute atomic E-state index is 12.4. The molecule has 0 amide bonds. The van der Waals surface area contributed by atoms with E-state index in [-0.39, 0.29) is 6.42 Å². The van der Waals surface area contributed by atoms with Gasteiger partial charge in [0.05, 0.1) is 12.6 Å². The summed E-state index contributed by atoms with van der Waals surface area (Å²) in [4.78, 5) is 23.9. The smallest absolute Gasteiger partial charge is 0.419 e. The number of para-hydroxylation sites is 1. The molecule has 2 N–H and O–H groups in total. The van der Waals surface area contributed by atoms with E-state index in [1.54, 1.807) is 6.20 Å². The van der Waals surface area contributed by atoms with Gasteiger partial charge in [0.2, 0.25) is 0 Å². The lowest BCUT2D eigenvalue weighted by Gasteiger charge is -2.19. The lowest BCUT2D eigenvalue weighted by Crippen LogP contribution is -2.33. The molecule has 2 rings (SSSR count). The molecule has 0 fully saturated rings. The van der Waals surface area contributed by atoms with E-state index < -0.39 is 23.7 Å². The summed E-state index contributed by atoms with van der Waals surface area (Å²) >= 11 is 0. The molecule has 2 aromatic rings. The molecule has 1 heterocycles. The predicted octanol–water partition coefficient (Wildman–Crippen LogP) is 2.47. The largest absolute Gasteiger partial charge is 0.468 e. The Morgan fingerprint density at radius 2 is 1.91 bits per heavy atom. The van der Waals surface area contributed by atoms with Crippen molar-refractivity contribution in [3.8, 4) is 0 Å². The van der Waals surface area contributed by atoms with Gasteiger partial charge in [-0.3, -0.25) is 9.36 Å². The third kappa shape index (κ3) is 3.90. The van der Waals surface area contributed by atoms with Gasteiger partial charge in [-0.25, -0.2) is 4.79 Å². The molecule has 23 heavy (non-hydrogen) atoms. The second-order valence-electron chi connectivity index (χ2n) is 6.36. The summed E-state index contributed by atoms with van der Waals surface area (Å²) in [6.07, 6.45) is 1.48. The number of ether oxygens (including phenoxy) is 2. The van der Waals surface area contributed by atoms with Gasteiger partial charge in [0.25, 0.3) is 0 Å². The van der Waals surface area contributed by atoms with E-state index >= 15 is 0 Å². The first-order valence-corrected chi connectivity index (χ1v) is 7.38. The Balaban J connectivity index is 2.40. The highest BCUT2D eigenvalue weighted by molar-refractivity contribution is 5.92. The monoisotopic (exact) mass is 318 g/mol. The van der Waals surface area contributed by atoms with E-state index in [0.717, 1.165) is 10.9 Å². The van der Waals surface area contributed by atoms with E-state index in [0.29, 0.717) is 5.52 Å². The van der Waals surface area contributed by atoms with Crippen molar-refractivity contribution in [1.29, 1.82) is 0 Å². The fraction of sp³-hybridized carbons (Fsp3) is 0.412. The number of aromatic nitrogens is 1. The standard InChI is InChI=1S/C17H22N2O4/c1-17(2,3)23-16(21)19-10-11(9-13(18)15(20)22-4)12-7-5-6-8-14(12)19/h5-8,10,13H,9,18H2,1-4H3/t13-/m0/s1. The number of nitrogens with zero attached hydrogens (tertiary/aromatic N) is 1. The molecule has 0 saturated carbocycles. The highest BCUT2D eigenvalue weighted by Crippen LogP contribution is 2.23. The molecule has 0 aliphatic heterocycles. The van der Waals surface area contributed by atoms with E-state index in [1.807, 2.05) is 45.0 Å². The zero-order valence-corrected chi connectivity index (χ0v) is 13.8. The van der Waals surface area contributed by atoms with Gasteiger partial charge in [-0.15, -0.1) is 0 Å². The van der Waals surface area contributed by atoms with Gasteiger partial charge in [-0.2, -0.15) is 0 Å². The lowest BCUT2D eigenvalue weighted by atomic mass is 10.1. The average Bonchev–Trinajstić information content (AvgIpc) is 2.84. The maximum Gasteiger partial charge on any atom is 0.419 e. The number of nitrogens with two attached hydrogens (primary N) is 1. The van der Waals surface area contributed by atoms with Crippen LogP contribution in [0.25, 0.3) is 10.9 Å². The van der Waals surface area contributed by atoms with Crippen LogP contribution in [0.2, 0.25) is 0 Å². The predicted molar refractivity (Wildman–Crippen MR) is 87.3 cm³/mol. The van der Waals surface area contributed by atoms with Crippen LogP contribution in [0, 0.1) is 0 Å². The Labute approximate surface area is 135 Å². The van der Waals surface area contributed by atoms with Gasteiger partial charge >= 0.3 is 12.1 Å². The maximum atomic E-state index is 12.4. The van der Waals surface area contributed by atoms with Gasteiger partial charge in [-0.05, 0) is 32.4 Å². The van der Waals surface area contributed by atoms with Crippen molar-refractivity contribution in [2.75, 3.05) is 7.11 Å². The number of esters is 1. The van der Waals surface area contributed by atoms with Crippen LogP contribution >= 0.6 is 0 Å². The Kier molecular flexibility index (Phi) is 4.75. The number of benzene rings is 1. The van der Waals surface area contributed by atoms with Crippen LogP contribution in [0.5, 0.6) is 0 Å². The second kappa shape index (κ2) is 6.42. The number of carbonyl (C=O) groups excluding carboxylic acids is 2. The number of rotatable bonds is 3. The molecule has 0 aliphatic rings. The number of methoxy groups -OCH3 is 1. The Bertz CT molecular complexity index is 728. The van der Waals surface area contributed by atoms with Gasteiger partial charge < -0.3 is 15.2 Å². The molecule has 6 heteroatoms. The van der Waals surface area contributed by atoms with Crippen LogP contribution in [-0.2, 0) is 20.7 Å². The molecule has 0 spiro atoms. The summed E-state index contributed by atoms with van der Waals surface area (Å²) in [5.41, 5.74) is 6.76. The van der Waals surface area contributed by atoms with E-state index in [9.17, 15) is 9.59 Å². The lowest BCUT2D eigenvalue weighted by molar-refractivity contribution is -0.142. The SMILES string of the molecule is COC(=O)[C@@H](N)Cc1cn(C(=O)OC(C)(C)C)c2ccccc12. The zero-order chi connectivity index (χ0) is 17.2. The number of carbonyl (C=O) groups is 2. The second-order valence-corrected chi connectivity index (χ2v) is 6.36. The minimum absolute atomic E-state index is 0.281. The highest BCUT2D eigenvalue weighted by atomic mass is 16.6. The number of hydrogen-bond donors (Lipinski definition) is 1. The first-order chi connectivity index (χ1) is 10.7. The van der Waals surface area contributed by atoms with Crippen LogP contribution in [0.15, 0.2) is 30.5 Å². The van der Waals surface area contributed by atoms with Crippen LogP contribution in [0.1, 0.15) is 26.3 Å². The van der Waals surface area contributed by atoms with E-state index in [2.05, 4.69) is 4.74 Å². The van der Waals surface area contributed by atoms with Gasteiger partial charge in [0.1, 0.15) is 11.6 Å². The molecular formula is C17H22N2O4. The summed E-state index contributed by atoms with van der Waals surface area (Å²) < 4.78 is 11.5. The van der Waals surface area contributed by atoms with Gasteiger partial charge in [-0.1, -0.05) is 18.2 Å². The number of hydrogen-bond acceptors (Lipinski definition) is 5. The summed E-state index contributed by atoms with van der Waals surface area (Å²) in [5.74, 6) is -0.487. The highest BCUT2D eigenvalue weighted by Gasteiger charge is 2.22. The summed E-state index contributed by atoms with van der Waals surface area (Å²) in [6, 6.07) is 6.64. The molecular weight excluding hydrogens is 296 g/mol. The fourth-order valence-electron chi connectivity index (χ4n) is 2.35. The molecule has 1 aromatic heterocycles. The average molecular weight is 318 g/mol. The Hall–Kier alpha value is -2.34.